The second kappa shape index (κ2) is 13.2. The number of nitrogens with one attached hydrogen (secondary N) is 1. The Morgan fingerprint density at radius 2 is 1.75 bits per heavy atom. The van der Waals surface area contributed by atoms with Crippen molar-refractivity contribution in [1.29, 1.82) is 0 Å². The maximum Gasteiger partial charge on any atom is 0.254 e. The number of hydrogen-bond donors (Lipinski definition) is 1. The predicted molar refractivity (Wildman–Crippen MR) is 158 cm³/mol. The largest absolute Gasteiger partial charge is 0.340 e. The first-order chi connectivity index (χ1) is 19.4. The van der Waals surface area contributed by atoms with Crippen LogP contribution in [-0.2, 0) is 16.0 Å². The minimum atomic E-state index is -0.307. The fourth-order valence-electron chi connectivity index (χ4n) is 4.62. The van der Waals surface area contributed by atoms with Crippen LogP contribution in [0, 0.1) is 0 Å². The Morgan fingerprint density at radius 3 is 2.45 bits per heavy atom. The number of thiazole rings is 1. The zero-order valence-electron chi connectivity index (χ0n) is 22.2. The summed E-state index contributed by atoms with van der Waals surface area (Å²) in [6, 6.07) is 17.0. The van der Waals surface area contributed by atoms with Gasteiger partial charge in [0.15, 0.2) is 5.13 Å². The van der Waals surface area contributed by atoms with Crippen LogP contribution in [0.1, 0.15) is 34.5 Å². The Hall–Kier alpha value is -3.53. The first-order valence-corrected chi connectivity index (χ1v) is 14.7. The molecule has 2 aromatic carbocycles. The summed E-state index contributed by atoms with van der Waals surface area (Å²) in [7, 11) is 0. The molecule has 1 saturated heterocycles. The molecule has 8 nitrogen and oxygen atoms in total. The van der Waals surface area contributed by atoms with Gasteiger partial charge < -0.3 is 15.1 Å². The smallest absolute Gasteiger partial charge is 0.254 e. The normalized spacial score (nSPS) is 15.8. The number of hydrogen-bond acceptors (Lipinski definition) is 6. The molecule has 1 saturated carbocycles. The highest BCUT2D eigenvalue weighted by Crippen LogP contribution is 2.28. The van der Waals surface area contributed by atoms with Crippen LogP contribution < -0.4 is 5.32 Å². The quantitative estimate of drug-likeness (QED) is 0.385. The summed E-state index contributed by atoms with van der Waals surface area (Å²) in [5.74, 6) is -0.456. The second-order valence-corrected chi connectivity index (χ2v) is 11.3. The predicted octanol–water partition coefficient (Wildman–Crippen LogP) is 4.44. The molecule has 0 bridgehead atoms. The molecule has 1 aliphatic carbocycles. The highest BCUT2D eigenvalue weighted by atomic mass is 35.5. The number of aromatic nitrogens is 1. The van der Waals surface area contributed by atoms with Crippen LogP contribution in [0.5, 0.6) is 0 Å². The van der Waals surface area contributed by atoms with Gasteiger partial charge in [0.05, 0.1) is 12.1 Å². The Morgan fingerprint density at radius 1 is 1.02 bits per heavy atom. The van der Waals surface area contributed by atoms with Crippen molar-refractivity contribution in [2.45, 2.75) is 25.3 Å². The Balaban J connectivity index is 1.06. The number of halogens is 1. The van der Waals surface area contributed by atoms with Crippen LogP contribution in [0.15, 0.2) is 66.1 Å². The van der Waals surface area contributed by atoms with Crippen molar-refractivity contribution in [2.24, 2.45) is 0 Å². The van der Waals surface area contributed by atoms with Gasteiger partial charge in [0.2, 0.25) is 11.8 Å². The molecule has 0 radical (unpaired) electrons. The maximum atomic E-state index is 13.0. The number of nitrogens with zero attached hydrogens (tertiary/aromatic N) is 4. The number of rotatable bonds is 10. The fraction of sp³-hybridized carbons (Fsp3) is 0.333. The molecule has 1 aromatic heterocycles. The van der Waals surface area contributed by atoms with Crippen molar-refractivity contribution < 1.29 is 14.4 Å². The molecule has 10 heteroatoms. The summed E-state index contributed by atoms with van der Waals surface area (Å²) < 4.78 is 0. The fourth-order valence-corrected chi connectivity index (χ4v) is 5.47. The standard InChI is InChI=1S/C30H32ClN5O3S/c31-24-10-8-23(9-11-24)29(39)36(26-12-13-26)20-27(37)33-30-32-25(21-40-30)19-28(38)35-17-15-34(16-18-35)14-4-7-22-5-2-1-3-6-22/h1-11,21,26H,12-20H2,(H,32,33,37). The lowest BCUT2D eigenvalue weighted by atomic mass is 10.2. The number of carbonyl (C=O) groups excluding carboxylic acids is 3. The van der Waals surface area contributed by atoms with Gasteiger partial charge in [0.1, 0.15) is 6.54 Å². The molecule has 5 rings (SSSR count). The molecule has 1 N–H and O–H groups in total. The monoisotopic (exact) mass is 577 g/mol. The van der Waals surface area contributed by atoms with Gasteiger partial charge in [0.25, 0.3) is 5.91 Å². The van der Waals surface area contributed by atoms with Gasteiger partial charge in [-0.2, -0.15) is 0 Å². The van der Waals surface area contributed by atoms with Crippen molar-refractivity contribution >= 4 is 51.9 Å². The zero-order chi connectivity index (χ0) is 27.9. The molecule has 208 valence electrons. The first-order valence-electron chi connectivity index (χ1n) is 13.5. The zero-order valence-corrected chi connectivity index (χ0v) is 23.7. The second-order valence-electron chi connectivity index (χ2n) is 10.0. The van der Waals surface area contributed by atoms with E-state index in [1.54, 1.807) is 34.5 Å². The van der Waals surface area contributed by atoms with E-state index in [1.807, 2.05) is 23.1 Å². The third-order valence-corrected chi connectivity index (χ3v) is 8.04. The summed E-state index contributed by atoms with van der Waals surface area (Å²) >= 11 is 7.22. The third-order valence-electron chi connectivity index (χ3n) is 6.98. The SMILES string of the molecule is O=C(CN(C(=O)c1ccc(Cl)cc1)C1CC1)Nc1nc(CC(=O)N2CCN(CC=Cc3ccccc3)CC2)cs1. The molecule has 2 fully saturated rings. The van der Waals surface area contributed by atoms with Crippen molar-refractivity contribution in [2.75, 3.05) is 44.6 Å². The third kappa shape index (κ3) is 7.78. The molecule has 0 atom stereocenters. The molecular formula is C30H32ClN5O3S. The van der Waals surface area contributed by atoms with Crippen molar-refractivity contribution in [1.82, 2.24) is 19.7 Å². The van der Waals surface area contributed by atoms with E-state index >= 15 is 0 Å². The van der Waals surface area contributed by atoms with Gasteiger partial charge >= 0.3 is 0 Å². The molecule has 3 amide bonds. The van der Waals surface area contributed by atoms with E-state index in [2.05, 4.69) is 39.5 Å². The topological polar surface area (TPSA) is 85.8 Å². The molecular weight excluding hydrogens is 546 g/mol. The van der Waals surface area contributed by atoms with Crippen LogP contribution >= 0.6 is 22.9 Å². The maximum absolute atomic E-state index is 13.0. The van der Waals surface area contributed by atoms with E-state index in [9.17, 15) is 14.4 Å². The van der Waals surface area contributed by atoms with Crippen LogP contribution in [0.2, 0.25) is 5.02 Å². The molecule has 2 aliphatic rings. The van der Waals surface area contributed by atoms with Gasteiger partial charge in [0, 0.05) is 54.7 Å². The number of carbonyl (C=O) groups is 3. The summed E-state index contributed by atoms with van der Waals surface area (Å²) in [5, 5.41) is 5.58. The van der Waals surface area contributed by atoms with E-state index in [1.165, 1.54) is 16.9 Å². The number of piperazine rings is 1. The average Bonchev–Trinajstić information content (AvgIpc) is 3.72. The van der Waals surface area contributed by atoms with Gasteiger partial charge in [-0.15, -0.1) is 11.3 Å². The van der Waals surface area contributed by atoms with Crippen molar-refractivity contribution in [3.8, 4) is 0 Å². The van der Waals surface area contributed by atoms with Gasteiger partial charge in [-0.05, 0) is 42.7 Å². The van der Waals surface area contributed by atoms with Crippen LogP contribution in [0.3, 0.4) is 0 Å². The summed E-state index contributed by atoms with van der Waals surface area (Å²) in [6.07, 6.45) is 6.25. The van der Waals surface area contributed by atoms with Crippen LogP contribution in [0.25, 0.3) is 6.08 Å². The summed E-state index contributed by atoms with van der Waals surface area (Å²) in [5.41, 5.74) is 2.32. The highest BCUT2D eigenvalue weighted by Gasteiger charge is 2.34. The molecule has 0 unspecified atom stereocenters. The summed E-state index contributed by atoms with van der Waals surface area (Å²) in [6.45, 7) is 3.83. The van der Waals surface area contributed by atoms with Crippen molar-refractivity contribution in [3.63, 3.8) is 0 Å². The van der Waals surface area contributed by atoms with E-state index in [0.29, 0.717) is 34.5 Å². The molecule has 40 heavy (non-hydrogen) atoms. The van der Waals surface area contributed by atoms with E-state index in [-0.39, 0.29) is 36.7 Å². The van der Waals surface area contributed by atoms with Crippen LogP contribution in [-0.4, -0.2) is 82.7 Å². The molecule has 3 aromatic rings. The van der Waals surface area contributed by atoms with Crippen LogP contribution in [0.4, 0.5) is 5.13 Å². The molecule has 1 aliphatic heterocycles. The minimum absolute atomic E-state index is 0.0381. The number of anilines is 1. The lowest BCUT2D eigenvalue weighted by Gasteiger charge is -2.34. The number of amides is 3. The van der Waals surface area contributed by atoms with Gasteiger partial charge in [-0.25, -0.2) is 4.98 Å². The number of benzene rings is 2. The average molecular weight is 578 g/mol. The van der Waals surface area contributed by atoms with E-state index in [4.69, 9.17) is 11.6 Å². The summed E-state index contributed by atoms with van der Waals surface area (Å²) in [4.78, 5) is 48.9. The Bertz CT molecular complexity index is 1350. The van der Waals surface area contributed by atoms with E-state index in [0.717, 1.165) is 32.5 Å². The minimum Gasteiger partial charge on any atom is -0.340 e. The first kappa shape index (κ1) is 28.0. The lowest BCUT2D eigenvalue weighted by Crippen LogP contribution is -2.49. The van der Waals surface area contributed by atoms with Crippen molar-refractivity contribution in [3.05, 3.63) is 87.9 Å². The Kier molecular flexibility index (Phi) is 9.26. The molecule has 2 heterocycles. The molecule has 0 spiro atoms. The highest BCUT2D eigenvalue weighted by molar-refractivity contribution is 7.13. The van der Waals surface area contributed by atoms with Gasteiger partial charge in [-0.1, -0.05) is 54.1 Å². The Labute approximate surface area is 243 Å². The lowest BCUT2D eigenvalue weighted by molar-refractivity contribution is -0.132. The van der Waals surface area contributed by atoms with Gasteiger partial charge in [-0.3, -0.25) is 19.3 Å². The van der Waals surface area contributed by atoms with E-state index < -0.39 is 0 Å².